The van der Waals surface area contributed by atoms with Crippen LogP contribution in [0.1, 0.15) is 18.0 Å². The summed E-state index contributed by atoms with van der Waals surface area (Å²) in [7, 11) is 0. The SMILES string of the molecule is Nc1ncc(Cl)cc1C(N)CC(F)(F)F. The Balaban J connectivity index is 2.90. The molecule has 0 aliphatic carbocycles. The van der Waals surface area contributed by atoms with Crippen LogP contribution in [0.5, 0.6) is 0 Å². The summed E-state index contributed by atoms with van der Waals surface area (Å²) in [5.74, 6) is -0.0313. The zero-order chi connectivity index (χ0) is 11.6. The van der Waals surface area contributed by atoms with E-state index in [4.69, 9.17) is 23.1 Å². The van der Waals surface area contributed by atoms with Crippen molar-refractivity contribution in [3.63, 3.8) is 0 Å². The Bertz CT molecular complexity index is 353. The summed E-state index contributed by atoms with van der Waals surface area (Å²) in [5, 5.41) is 0.205. The van der Waals surface area contributed by atoms with E-state index in [0.29, 0.717) is 0 Å². The van der Waals surface area contributed by atoms with Gasteiger partial charge in [0.2, 0.25) is 0 Å². The third-order valence-electron chi connectivity index (χ3n) is 1.77. The van der Waals surface area contributed by atoms with Gasteiger partial charge in [0, 0.05) is 17.8 Å². The van der Waals surface area contributed by atoms with Crippen molar-refractivity contribution in [1.82, 2.24) is 4.98 Å². The summed E-state index contributed by atoms with van der Waals surface area (Å²) in [4.78, 5) is 3.63. The van der Waals surface area contributed by atoms with Crippen molar-refractivity contribution in [3.05, 3.63) is 22.8 Å². The number of nitrogens with two attached hydrogens (primary N) is 2. The Labute approximate surface area is 89.2 Å². The molecule has 0 saturated heterocycles. The van der Waals surface area contributed by atoms with Crippen molar-refractivity contribution < 1.29 is 13.2 Å². The van der Waals surface area contributed by atoms with Crippen LogP contribution in [0.3, 0.4) is 0 Å². The van der Waals surface area contributed by atoms with Crippen molar-refractivity contribution >= 4 is 17.4 Å². The van der Waals surface area contributed by atoms with Crippen LogP contribution in [0.25, 0.3) is 0 Å². The zero-order valence-electron chi connectivity index (χ0n) is 7.55. The van der Waals surface area contributed by atoms with Gasteiger partial charge in [0.1, 0.15) is 5.82 Å². The highest BCUT2D eigenvalue weighted by Gasteiger charge is 2.31. The molecule has 0 amide bonds. The van der Waals surface area contributed by atoms with Gasteiger partial charge in [-0.05, 0) is 6.07 Å². The zero-order valence-corrected chi connectivity index (χ0v) is 8.31. The van der Waals surface area contributed by atoms with E-state index in [1.807, 2.05) is 0 Å². The lowest BCUT2D eigenvalue weighted by Gasteiger charge is -2.15. The minimum Gasteiger partial charge on any atom is -0.383 e. The predicted molar refractivity (Wildman–Crippen MR) is 51.3 cm³/mol. The molecular weight excluding hydrogens is 231 g/mol. The standard InChI is InChI=1S/C8H9ClF3N3/c9-4-1-5(7(14)15-3-4)6(13)2-8(10,11)12/h1,3,6H,2,13H2,(H2,14,15). The lowest BCUT2D eigenvalue weighted by atomic mass is 10.1. The highest BCUT2D eigenvalue weighted by molar-refractivity contribution is 6.30. The van der Waals surface area contributed by atoms with Gasteiger partial charge in [0.15, 0.2) is 0 Å². The molecular formula is C8H9ClF3N3. The number of nitrogens with zero attached hydrogens (tertiary/aromatic N) is 1. The maximum atomic E-state index is 12.0. The molecule has 1 aromatic heterocycles. The molecule has 1 heterocycles. The molecule has 1 aromatic rings. The molecule has 1 atom stereocenters. The second-order valence-corrected chi connectivity index (χ2v) is 3.49. The Kier molecular flexibility index (Phi) is 3.41. The molecule has 7 heteroatoms. The van der Waals surface area contributed by atoms with E-state index in [9.17, 15) is 13.2 Å². The number of aromatic nitrogens is 1. The fourth-order valence-electron chi connectivity index (χ4n) is 1.12. The summed E-state index contributed by atoms with van der Waals surface area (Å²) in [6.45, 7) is 0. The smallest absolute Gasteiger partial charge is 0.383 e. The van der Waals surface area contributed by atoms with Crippen LogP contribution < -0.4 is 11.5 Å². The number of nitrogen functional groups attached to an aromatic ring is 1. The predicted octanol–water partition coefficient (Wildman–Crippen LogP) is 2.27. The van der Waals surface area contributed by atoms with Crippen molar-refractivity contribution in [2.45, 2.75) is 18.6 Å². The van der Waals surface area contributed by atoms with Gasteiger partial charge in [-0.2, -0.15) is 13.2 Å². The summed E-state index contributed by atoms with van der Waals surface area (Å²) in [6, 6.07) is 0.0523. The number of pyridine rings is 1. The molecule has 0 aliphatic heterocycles. The lowest BCUT2D eigenvalue weighted by Crippen LogP contribution is -2.21. The van der Waals surface area contributed by atoms with Gasteiger partial charge in [0.05, 0.1) is 11.4 Å². The maximum Gasteiger partial charge on any atom is 0.390 e. The Morgan fingerprint density at radius 2 is 2.07 bits per heavy atom. The lowest BCUT2D eigenvalue weighted by molar-refractivity contribution is -0.138. The summed E-state index contributed by atoms with van der Waals surface area (Å²) in [5.41, 5.74) is 10.9. The Morgan fingerprint density at radius 1 is 1.47 bits per heavy atom. The highest BCUT2D eigenvalue weighted by atomic mass is 35.5. The van der Waals surface area contributed by atoms with Gasteiger partial charge >= 0.3 is 6.18 Å². The van der Waals surface area contributed by atoms with E-state index in [0.717, 1.165) is 0 Å². The quantitative estimate of drug-likeness (QED) is 0.832. The molecule has 1 unspecified atom stereocenters. The van der Waals surface area contributed by atoms with Gasteiger partial charge in [-0.25, -0.2) is 4.98 Å². The van der Waals surface area contributed by atoms with E-state index < -0.39 is 18.6 Å². The Morgan fingerprint density at radius 3 is 2.60 bits per heavy atom. The first-order valence-electron chi connectivity index (χ1n) is 4.03. The molecule has 84 valence electrons. The first-order chi connectivity index (χ1) is 6.79. The van der Waals surface area contributed by atoms with Crippen LogP contribution in [0, 0.1) is 0 Å². The van der Waals surface area contributed by atoms with Crippen LogP contribution in [0.4, 0.5) is 19.0 Å². The second-order valence-electron chi connectivity index (χ2n) is 3.05. The number of alkyl halides is 3. The molecule has 4 N–H and O–H groups in total. The number of anilines is 1. The first kappa shape index (κ1) is 12.1. The van der Waals surface area contributed by atoms with Crippen molar-refractivity contribution in [3.8, 4) is 0 Å². The van der Waals surface area contributed by atoms with Crippen LogP contribution >= 0.6 is 11.6 Å². The summed E-state index contributed by atoms with van der Waals surface area (Å²) < 4.78 is 36.1. The van der Waals surface area contributed by atoms with Gasteiger partial charge in [0.25, 0.3) is 0 Å². The fraction of sp³-hybridized carbons (Fsp3) is 0.375. The van der Waals surface area contributed by atoms with Crippen LogP contribution in [0.2, 0.25) is 5.02 Å². The van der Waals surface area contributed by atoms with Crippen molar-refractivity contribution in [1.29, 1.82) is 0 Å². The van der Waals surface area contributed by atoms with E-state index in [1.165, 1.54) is 12.3 Å². The van der Waals surface area contributed by atoms with E-state index in [-0.39, 0.29) is 16.4 Å². The largest absolute Gasteiger partial charge is 0.390 e. The number of hydrogen-bond donors (Lipinski definition) is 2. The van der Waals surface area contributed by atoms with Crippen molar-refractivity contribution in [2.75, 3.05) is 5.73 Å². The molecule has 3 nitrogen and oxygen atoms in total. The van der Waals surface area contributed by atoms with Crippen LogP contribution in [-0.4, -0.2) is 11.2 Å². The Hall–Kier alpha value is -1.01. The normalized spacial score (nSPS) is 13.9. The monoisotopic (exact) mass is 239 g/mol. The molecule has 15 heavy (non-hydrogen) atoms. The molecule has 0 aliphatic rings. The van der Waals surface area contributed by atoms with E-state index >= 15 is 0 Å². The van der Waals surface area contributed by atoms with Crippen LogP contribution in [0.15, 0.2) is 12.3 Å². The molecule has 0 spiro atoms. The van der Waals surface area contributed by atoms with E-state index in [1.54, 1.807) is 0 Å². The maximum absolute atomic E-state index is 12.0. The van der Waals surface area contributed by atoms with Gasteiger partial charge in [-0.3, -0.25) is 0 Å². The topological polar surface area (TPSA) is 64.9 Å². The average molecular weight is 240 g/mol. The third-order valence-corrected chi connectivity index (χ3v) is 1.97. The average Bonchev–Trinajstić information content (AvgIpc) is 2.06. The fourth-order valence-corrected chi connectivity index (χ4v) is 1.29. The molecule has 0 bridgehead atoms. The molecule has 0 fully saturated rings. The first-order valence-corrected chi connectivity index (χ1v) is 4.40. The van der Waals surface area contributed by atoms with Crippen molar-refractivity contribution in [2.24, 2.45) is 5.73 Å². The molecule has 1 rings (SSSR count). The third kappa shape index (κ3) is 3.56. The summed E-state index contributed by atoms with van der Waals surface area (Å²) >= 11 is 5.58. The second kappa shape index (κ2) is 4.24. The van der Waals surface area contributed by atoms with E-state index in [2.05, 4.69) is 4.98 Å². The van der Waals surface area contributed by atoms with Crippen LogP contribution in [-0.2, 0) is 0 Å². The minimum atomic E-state index is -4.34. The van der Waals surface area contributed by atoms with Gasteiger partial charge in [-0.1, -0.05) is 11.6 Å². The highest BCUT2D eigenvalue weighted by Crippen LogP contribution is 2.30. The number of rotatable bonds is 2. The molecule has 0 aromatic carbocycles. The minimum absolute atomic E-state index is 0.0313. The molecule has 0 saturated carbocycles. The molecule has 0 radical (unpaired) electrons. The summed E-state index contributed by atoms with van der Waals surface area (Å²) in [6.07, 6.45) is -4.24. The van der Waals surface area contributed by atoms with Gasteiger partial charge in [-0.15, -0.1) is 0 Å². The number of hydrogen-bond acceptors (Lipinski definition) is 3. The number of halogens is 4. The van der Waals surface area contributed by atoms with Gasteiger partial charge < -0.3 is 11.5 Å².